The zero-order valence-corrected chi connectivity index (χ0v) is 16.1. The van der Waals surface area contributed by atoms with E-state index in [4.69, 9.17) is 4.74 Å². The van der Waals surface area contributed by atoms with Gasteiger partial charge in [0.1, 0.15) is 16.8 Å². The molecule has 1 amide bonds. The van der Waals surface area contributed by atoms with E-state index in [1.807, 2.05) is 32.0 Å². The molecule has 0 saturated heterocycles. The van der Waals surface area contributed by atoms with Crippen LogP contribution >= 0.6 is 11.3 Å². The first kappa shape index (κ1) is 18.4. The van der Waals surface area contributed by atoms with Crippen molar-refractivity contribution in [2.24, 2.45) is 0 Å². The third kappa shape index (κ3) is 3.59. The summed E-state index contributed by atoms with van der Waals surface area (Å²) in [5.41, 5.74) is 3.79. The largest absolute Gasteiger partial charge is 0.496 e. The van der Waals surface area contributed by atoms with Gasteiger partial charge in [-0.05, 0) is 42.5 Å². The van der Waals surface area contributed by atoms with E-state index < -0.39 is 0 Å². The van der Waals surface area contributed by atoms with Gasteiger partial charge in [-0.15, -0.1) is 11.3 Å². The fourth-order valence-electron chi connectivity index (χ4n) is 3.45. The van der Waals surface area contributed by atoms with Crippen LogP contribution in [-0.2, 0) is 17.8 Å². The van der Waals surface area contributed by atoms with Crippen LogP contribution < -0.4 is 15.4 Å². The highest BCUT2D eigenvalue weighted by Crippen LogP contribution is 2.36. The number of fused-ring (bicyclic) bond motifs is 1. The summed E-state index contributed by atoms with van der Waals surface area (Å²) in [6.07, 6.45) is 1.17. The molecule has 1 aliphatic heterocycles. The molecule has 0 radical (unpaired) electrons. The maximum Gasteiger partial charge on any atom is 0.225 e. The second-order valence-electron chi connectivity index (χ2n) is 6.60. The van der Waals surface area contributed by atoms with Gasteiger partial charge in [-0.1, -0.05) is 25.1 Å². The van der Waals surface area contributed by atoms with Crippen molar-refractivity contribution >= 4 is 22.2 Å². The Balaban J connectivity index is 1.75. The first-order valence-electron chi connectivity index (χ1n) is 8.73. The molecule has 136 valence electrons. The van der Waals surface area contributed by atoms with Gasteiger partial charge in [-0.3, -0.25) is 4.79 Å². The van der Waals surface area contributed by atoms with Crippen LogP contribution in [-0.4, -0.2) is 19.6 Å². The molecular formula is C20H23N3O2S. The van der Waals surface area contributed by atoms with E-state index in [0.717, 1.165) is 46.8 Å². The van der Waals surface area contributed by atoms with Crippen molar-refractivity contribution in [1.29, 1.82) is 5.26 Å². The quantitative estimate of drug-likeness (QED) is 0.842. The molecular weight excluding hydrogens is 346 g/mol. The number of nitriles is 1. The number of carbonyl (C=O) groups is 1. The van der Waals surface area contributed by atoms with E-state index in [9.17, 15) is 10.1 Å². The number of nitrogens with zero attached hydrogens (tertiary/aromatic N) is 1. The highest BCUT2D eigenvalue weighted by atomic mass is 32.1. The Morgan fingerprint density at radius 3 is 3.04 bits per heavy atom. The monoisotopic (exact) mass is 369 g/mol. The van der Waals surface area contributed by atoms with Gasteiger partial charge in [0, 0.05) is 17.8 Å². The molecule has 1 aromatic carbocycles. The lowest BCUT2D eigenvalue weighted by molar-refractivity contribution is -0.116. The van der Waals surface area contributed by atoms with Crippen LogP contribution in [0.25, 0.3) is 0 Å². The molecule has 5 nitrogen and oxygen atoms in total. The molecule has 1 aliphatic rings. The number of anilines is 1. The smallest absolute Gasteiger partial charge is 0.225 e. The number of amides is 1. The molecule has 1 atom stereocenters. The molecule has 2 aromatic rings. The van der Waals surface area contributed by atoms with Gasteiger partial charge in [0.05, 0.1) is 12.7 Å². The molecule has 2 N–H and O–H groups in total. The fraction of sp³-hybridized carbons (Fsp3) is 0.400. The molecule has 26 heavy (non-hydrogen) atoms. The topological polar surface area (TPSA) is 74.1 Å². The number of hydrogen-bond acceptors (Lipinski definition) is 5. The van der Waals surface area contributed by atoms with E-state index in [1.165, 1.54) is 11.3 Å². The number of nitrogens with one attached hydrogen (secondary N) is 2. The van der Waals surface area contributed by atoms with Gasteiger partial charge < -0.3 is 15.4 Å². The third-order valence-corrected chi connectivity index (χ3v) is 5.91. The molecule has 1 aromatic heterocycles. The summed E-state index contributed by atoms with van der Waals surface area (Å²) in [6, 6.07) is 8.25. The average Bonchev–Trinajstić information content (AvgIpc) is 2.98. The van der Waals surface area contributed by atoms with Gasteiger partial charge in [0.15, 0.2) is 0 Å². The fourth-order valence-corrected chi connectivity index (χ4v) is 4.63. The van der Waals surface area contributed by atoms with Crippen LogP contribution in [0.1, 0.15) is 46.4 Å². The molecule has 0 fully saturated rings. The van der Waals surface area contributed by atoms with Crippen molar-refractivity contribution in [3.8, 4) is 11.8 Å². The van der Waals surface area contributed by atoms with E-state index in [0.29, 0.717) is 17.0 Å². The summed E-state index contributed by atoms with van der Waals surface area (Å²) >= 11 is 1.51. The van der Waals surface area contributed by atoms with E-state index in [1.54, 1.807) is 7.11 Å². The van der Waals surface area contributed by atoms with Crippen LogP contribution in [0.3, 0.4) is 0 Å². The summed E-state index contributed by atoms with van der Waals surface area (Å²) in [5.74, 6) is 0.777. The molecule has 2 heterocycles. The highest BCUT2D eigenvalue weighted by Gasteiger charge is 2.23. The number of aryl methyl sites for hydroxylation is 1. The molecule has 0 spiro atoms. The standard InChI is InChI=1S/C20H23N3O2S/c1-12-5-4-6-14(19(12)25-3)13(2)9-18(24)23-20-16(10-21)15-7-8-22-11-17(15)26-20/h4-6,13,22H,7-9,11H2,1-3H3,(H,23,24). The van der Waals surface area contributed by atoms with Gasteiger partial charge >= 0.3 is 0 Å². The molecule has 0 bridgehead atoms. The number of rotatable bonds is 5. The Morgan fingerprint density at radius 2 is 2.31 bits per heavy atom. The normalized spacial score (nSPS) is 14.2. The van der Waals surface area contributed by atoms with Crippen LogP contribution in [0.4, 0.5) is 5.00 Å². The number of benzene rings is 1. The first-order chi connectivity index (χ1) is 12.5. The van der Waals surface area contributed by atoms with Crippen molar-refractivity contribution in [1.82, 2.24) is 5.32 Å². The summed E-state index contributed by atoms with van der Waals surface area (Å²) in [5, 5.41) is 16.4. The predicted octanol–water partition coefficient (Wildman–Crippen LogP) is 3.71. The minimum absolute atomic E-state index is 0.0200. The van der Waals surface area contributed by atoms with E-state index in [2.05, 4.69) is 16.7 Å². The Hall–Kier alpha value is -2.36. The number of para-hydroxylation sites is 1. The number of hydrogen-bond donors (Lipinski definition) is 2. The lowest BCUT2D eigenvalue weighted by Crippen LogP contribution is -2.22. The second kappa shape index (κ2) is 7.90. The van der Waals surface area contributed by atoms with E-state index in [-0.39, 0.29) is 11.8 Å². The van der Waals surface area contributed by atoms with Crippen molar-refractivity contribution in [3.05, 3.63) is 45.3 Å². The second-order valence-corrected chi connectivity index (χ2v) is 7.70. The summed E-state index contributed by atoms with van der Waals surface area (Å²) in [6.45, 7) is 5.65. The minimum atomic E-state index is -0.0795. The zero-order chi connectivity index (χ0) is 18.7. The molecule has 0 saturated carbocycles. The number of methoxy groups -OCH3 is 1. The van der Waals surface area contributed by atoms with Gasteiger partial charge in [0.25, 0.3) is 0 Å². The summed E-state index contributed by atoms with van der Waals surface area (Å²) < 4.78 is 5.51. The number of ether oxygens (including phenoxy) is 1. The lowest BCUT2D eigenvalue weighted by atomic mass is 9.94. The maximum absolute atomic E-state index is 12.6. The summed E-state index contributed by atoms with van der Waals surface area (Å²) in [7, 11) is 1.65. The number of thiophene rings is 1. The Bertz CT molecular complexity index is 867. The van der Waals surface area contributed by atoms with Gasteiger partial charge in [-0.2, -0.15) is 5.26 Å². The van der Waals surface area contributed by atoms with Crippen molar-refractivity contribution in [3.63, 3.8) is 0 Å². The minimum Gasteiger partial charge on any atom is -0.496 e. The first-order valence-corrected chi connectivity index (χ1v) is 9.55. The predicted molar refractivity (Wildman–Crippen MR) is 104 cm³/mol. The Labute approximate surface area is 158 Å². The molecule has 3 rings (SSSR count). The van der Waals surface area contributed by atoms with E-state index >= 15 is 0 Å². The van der Waals surface area contributed by atoms with Gasteiger partial charge in [-0.25, -0.2) is 0 Å². The van der Waals surface area contributed by atoms with Gasteiger partial charge in [0.2, 0.25) is 5.91 Å². The molecule has 6 heteroatoms. The maximum atomic E-state index is 12.6. The highest BCUT2D eigenvalue weighted by molar-refractivity contribution is 7.16. The van der Waals surface area contributed by atoms with Crippen molar-refractivity contribution < 1.29 is 9.53 Å². The zero-order valence-electron chi connectivity index (χ0n) is 15.3. The van der Waals surface area contributed by atoms with Crippen LogP contribution in [0, 0.1) is 18.3 Å². The van der Waals surface area contributed by atoms with Crippen LogP contribution in [0.15, 0.2) is 18.2 Å². The Kier molecular flexibility index (Phi) is 5.60. The van der Waals surface area contributed by atoms with Crippen molar-refractivity contribution in [2.75, 3.05) is 19.0 Å². The Morgan fingerprint density at radius 1 is 1.50 bits per heavy atom. The van der Waals surface area contributed by atoms with Crippen LogP contribution in [0.2, 0.25) is 0 Å². The third-order valence-electron chi connectivity index (χ3n) is 4.76. The number of carbonyl (C=O) groups excluding carboxylic acids is 1. The summed E-state index contributed by atoms with van der Waals surface area (Å²) in [4.78, 5) is 13.7. The molecule has 0 aliphatic carbocycles. The van der Waals surface area contributed by atoms with Crippen LogP contribution in [0.5, 0.6) is 5.75 Å². The average molecular weight is 369 g/mol. The molecule has 1 unspecified atom stereocenters. The lowest BCUT2D eigenvalue weighted by Gasteiger charge is -2.17. The SMILES string of the molecule is COc1c(C)cccc1C(C)CC(=O)Nc1sc2c(c1C#N)CCNC2. The van der Waals surface area contributed by atoms with Crippen molar-refractivity contribution in [2.45, 2.75) is 39.2 Å².